The first-order valence-corrected chi connectivity index (χ1v) is 11.3. The molecule has 0 aromatic carbocycles. The molecule has 0 bridgehead atoms. The van der Waals surface area contributed by atoms with Crippen LogP contribution in [0.1, 0.15) is 38.5 Å². The van der Waals surface area contributed by atoms with Gasteiger partial charge in [0.05, 0.1) is 18.8 Å². The molecule has 144 valence electrons. The maximum atomic E-state index is 6.04. The fourth-order valence-corrected chi connectivity index (χ4v) is 6.31. The van der Waals surface area contributed by atoms with Crippen LogP contribution in [0.15, 0.2) is 0 Å². The van der Waals surface area contributed by atoms with Crippen molar-refractivity contribution in [1.29, 1.82) is 0 Å². The van der Waals surface area contributed by atoms with E-state index >= 15 is 0 Å². The highest BCUT2D eigenvalue weighted by atomic mass is 32.2. The van der Waals surface area contributed by atoms with Gasteiger partial charge in [-0.2, -0.15) is 17.2 Å². The molecule has 6 atom stereocenters. The van der Waals surface area contributed by atoms with Crippen molar-refractivity contribution in [3.63, 3.8) is 0 Å². The third kappa shape index (κ3) is 4.34. The Morgan fingerprint density at radius 2 is 2.12 bits per heavy atom. The monoisotopic (exact) mass is 370 g/mol. The summed E-state index contributed by atoms with van der Waals surface area (Å²) in [5, 5.41) is 7.13. The van der Waals surface area contributed by atoms with Crippen LogP contribution < -0.4 is 16.1 Å². The van der Waals surface area contributed by atoms with Crippen molar-refractivity contribution in [2.45, 2.75) is 68.4 Å². The topological polar surface area (TPSA) is 56.4 Å². The summed E-state index contributed by atoms with van der Waals surface area (Å²) in [6.45, 7) is 3.68. The molecule has 25 heavy (non-hydrogen) atoms. The third-order valence-corrected chi connectivity index (χ3v) is 7.95. The van der Waals surface area contributed by atoms with Crippen LogP contribution in [0.4, 0.5) is 0 Å². The Bertz CT molecular complexity index is 426. The van der Waals surface area contributed by atoms with E-state index in [0.29, 0.717) is 24.3 Å². The molecule has 4 saturated heterocycles. The van der Waals surface area contributed by atoms with Gasteiger partial charge in [-0.15, -0.1) is 0 Å². The summed E-state index contributed by atoms with van der Waals surface area (Å²) in [7, 11) is 4.37. The molecule has 4 heterocycles. The second kappa shape index (κ2) is 8.42. The summed E-state index contributed by atoms with van der Waals surface area (Å²) in [6, 6.07) is 0.542. The van der Waals surface area contributed by atoms with Crippen LogP contribution in [0.5, 0.6) is 0 Å². The van der Waals surface area contributed by atoms with Crippen molar-refractivity contribution in [3.05, 3.63) is 0 Å². The molecule has 6 nitrogen and oxygen atoms in total. The minimum Gasteiger partial charge on any atom is -0.331 e. The fraction of sp³-hybridized carbons (Fsp3) is 1.00. The maximum Gasteiger partial charge on any atom is 0.146 e. The molecule has 0 aromatic rings. The number of piperidine rings is 1. The lowest BCUT2D eigenvalue weighted by Crippen LogP contribution is -2.96. The van der Waals surface area contributed by atoms with E-state index in [1.165, 1.54) is 63.9 Å². The molecule has 4 rings (SSSR count). The lowest BCUT2D eigenvalue weighted by atomic mass is 9.94. The SMILES string of the molecule is CN(C)C1CCC(C2NOC([C@H]3CCCN3CC3CCCS3)N2)C[NH2+]1. The summed E-state index contributed by atoms with van der Waals surface area (Å²) < 4.78 is 0. The summed E-state index contributed by atoms with van der Waals surface area (Å²) in [6.07, 6.45) is 9.03. The Balaban J connectivity index is 1.27. The van der Waals surface area contributed by atoms with Crippen LogP contribution in [0.2, 0.25) is 0 Å². The molecule has 4 N–H and O–H groups in total. The Kier molecular flexibility index (Phi) is 6.22. The molecule has 0 saturated carbocycles. The Morgan fingerprint density at radius 3 is 2.84 bits per heavy atom. The first-order valence-electron chi connectivity index (χ1n) is 10.2. The molecule has 0 aromatic heterocycles. The van der Waals surface area contributed by atoms with Gasteiger partial charge in [0.15, 0.2) is 0 Å². The van der Waals surface area contributed by atoms with Gasteiger partial charge in [-0.3, -0.25) is 20.0 Å². The predicted molar refractivity (Wildman–Crippen MR) is 102 cm³/mol. The molecule has 0 spiro atoms. The maximum absolute atomic E-state index is 6.04. The molecular formula is C18H36N5OS+. The number of nitrogens with one attached hydrogen (secondary N) is 2. The molecular weight excluding hydrogens is 334 g/mol. The molecule has 0 amide bonds. The molecule has 4 aliphatic heterocycles. The van der Waals surface area contributed by atoms with E-state index < -0.39 is 0 Å². The number of nitrogens with zero attached hydrogens (tertiary/aromatic N) is 2. The van der Waals surface area contributed by atoms with Crippen LogP contribution in [0, 0.1) is 5.92 Å². The van der Waals surface area contributed by atoms with E-state index in [4.69, 9.17) is 4.84 Å². The van der Waals surface area contributed by atoms with E-state index in [9.17, 15) is 0 Å². The van der Waals surface area contributed by atoms with Crippen molar-refractivity contribution < 1.29 is 10.2 Å². The number of hydrogen-bond acceptors (Lipinski definition) is 6. The average Bonchev–Trinajstić information content (AvgIpc) is 3.37. The van der Waals surface area contributed by atoms with Crippen molar-refractivity contribution in [1.82, 2.24) is 20.6 Å². The fourth-order valence-electron chi connectivity index (χ4n) is 5.01. The molecule has 5 unspecified atom stereocenters. The van der Waals surface area contributed by atoms with Crippen LogP contribution in [-0.2, 0) is 4.84 Å². The summed E-state index contributed by atoms with van der Waals surface area (Å²) in [5.41, 5.74) is 3.33. The van der Waals surface area contributed by atoms with E-state index in [0.717, 1.165) is 5.25 Å². The third-order valence-electron chi connectivity index (χ3n) is 6.57. The highest BCUT2D eigenvalue weighted by Gasteiger charge is 2.42. The summed E-state index contributed by atoms with van der Waals surface area (Å²) in [5.74, 6) is 2.01. The number of thioether (sulfide) groups is 1. The molecule has 4 aliphatic rings. The standard InChI is InChI=1S/C18H35N5OS/c1-22(2)16-8-7-13(11-19-16)17-20-18(24-21-17)15-6-3-9-23(15)12-14-5-4-10-25-14/h13-21H,3-12H2,1-2H3/p+1/t13?,14?,15-,16?,17?,18?/m1/s1. The Labute approximate surface area is 156 Å². The average molecular weight is 371 g/mol. The quantitative estimate of drug-likeness (QED) is 0.633. The van der Waals surface area contributed by atoms with Crippen molar-refractivity contribution in [3.8, 4) is 0 Å². The van der Waals surface area contributed by atoms with Crippen molar-refractivity contribution in [2.75, 3.05) is 39.5 Å². The summed E-state index contributed by atoms with van der Waals surface area (Å²) in [4.78, 5) is 11.1. The van der Waals surface area contributed by atoms with Gasteiger partial charge >= 0.3 is 0 Å². The van der Waals surface area contributed by atoms with Crippen molar-refractivity contribution >= 4 is 11.8 Å². The van der Waals surface area contributed by atoms with E-state index in [-0.39, 0.29) is 6.23 Å². The number of nitrogens with two attached hydrogens (primary N) is 1. The predicted octanol–water partition coefficient (Wildman–Crippen LogP) is -0.0159. The van der Waals surface area contributed by atoms with Crippen LogP contribution in [0.25, 0.3) is 0 Å². The van der Waals surface area contributed by atoms with Crippen LogP contribution in [-0.4, -0.2) is 79.1 Å². The second-order valence-electron chi connectivity index (χ2n) is 8.48. The van der Waals surface area contributed by atoms with Gasteiger partial charge in [-0.25, -0.2) is 0 Å². The highest BCUT2D eigenvalue weighted by molar-refractivity contribution is 8.00. The van der Waals surface area contributed by atoms with Gasteiger partial charge < -0.3 is 5.32 Å². The van der Waals surface area contributed by atoms with E-state index in [1.807, 2.05) is 0 Å². The summed E-state index contributed by atoms with van der Waals surface area (Å²) >= 11 is 2.17. The number of quaternary nitrogens is 1. The van der Waals surface area contributed by atoms with Gasteiger partial charge in [-0.05, 0) is 58.5 Å². The second-order valence-corrected chi connectivity index (χ2v) is 9.89. The normalized spacial score (nSPS) is 43.3. The van der Waals surface area contributed by atoms with E-state index in [1.54, 1.807) is 0 Å². The molecule has 4 fully saturated rings. The van der Waals surface area contributed by atoms with Gasteiger partial charge in [0.2, 0.25) is 0 Å². The minimum absolute atomic E-state index is 0.158. The first kappa shape index (κ1) is 18.5. The highest BCUT2D eigenvalue weighted by Crippen LogP contribution is 2.31. The van der Waals surface area contributed by atoms with Gasteiger partial charge in [-0.1, -0.05) is 0 Å². The number of hydroxylamine groups is 1. The molecule has 0 radical (unpaired) electrons. The van der Waals surface area contributed by atoms with Crippen LogP contribution >= 0.6 is 11.8 Å². The number of rotatable bonds is 5. The number of likely N-dealkylation sites (tertiary alicyclic amines) is 1. The number of hydrogen-bond donors (Lipinski definition) is 3. The minimum atomic E-state index is 0.158. The molecule has 7 heteroatoms. The van der Waals surface area contributed by atoms with E-state index in [2.05, 4.69) is 51.8 Å². The lowest BCUT2D eigenvalue weighted by Gasteiger charge is -2.33. The zero-order chi connectivity index (χ0) is 17.2. The van der Waals surface area contributed by atoms with Crippen LogP contribution in [0.3, 0.4) is 0 Å². The first-order chi connectivity index (χ1) is 12.2. The Hall–Kier alpha value is 0.110. The van der Waals surface area contributed by atoms with Gasteiger partial charge in [0.1, 0.15) is 12.4 Å². The smallest absolute Gasteiger partial charge is 0.146 e. The molecule has 0 aliphatic carbocycles. The van der Waals surface area contributed by atoms with Gasteiger partial charge in [0.25, 0.3) is 0 Å². The Morgan fingerprint density at radius 1 is 1.20 bits per heavy atom. The van der Waals surface area contributed by atoms with Gasteiger partial charge in [0, 0.05) is 24.1 Å². The largest absolute Gasteiger partial charge is 0.331 e. The van der Waals surface area contributed by atoms with Crippen molar-refractivity contribution in [2.24, 2.45) is 5.92 Å². The lowest BCUT2D eigenvalue weighted by molar-refractivity contribution is -0.721. The zero-order valence-electron chi connectivity index (χ0n) is 15.8. The zero-order valence-corrected chi connectivity index (χ0v) is 16.6.